The fourth-order valence-electron chi connectivity index (χ4n) is 1.38. The summed E-state index contributed by atoms with van der Waals surface area (Å²) in [6, 6.07) is 1.61. The Bertz CT molecular complexity index is 588. The Balaban J connectivity index is 2.22. The SMILES string of the molecule is CC(C)(C)OC(=O)Nn1cnc2cnc(Cl)cc21. The highest BCUT2D eigenvalue weighted by Gasteiger charge is 2.17. The molecule has 0 aliphatic heterocycles. The van der Waals surface area contributed by atoms with Crippen LogP contribution in [0.3, 0.4) is 0 Å². The number of carbonyl (C=O) groups excluding carboxylic acids is 1. The fraction of sp³-hybridized carbons (Fsp3) is 0.364. The summed E-state index contributed by atoms with van der Waals surface area (Å²) in [7, 11) is 0. The summed E-state index contributed by atoms with van der Waals surface area (Å²) >= 11 is 5.79. The lowest BCUT2D eigenvalue weighted by Crippen LogP contribution is -2.31. The van der Waals surface area contributed by atoms with E-state index in [9.17, 15) is 4.79 Å². The first-order chi connectivity index (χ1) is 8.35. The topological polar surface area (TPSA) is 69.0 Å². The van der Waals surface area contributed by atoms with Gasteiger partial charge < -0.3 is 4.74 Å². The molecule has 2 aromatic rings. The number of carbonyl (C=O) groups is 1. The van der Waals surface area contributed by atoms with Crippen LogP contribution in [0.4, 0.5) is 4.79 Å². The van der Waals surface area contributed by atoms with Crippen molar-refractivity contribution in [3.05, 3.63) is 23.7 Å². The lowest BCUT2D eigenvalue weighted by molar-refractivity contribution is 0.0614. The van der Waals surface area contributed by atoms with E-state index in [1.165, 1.54) is 17.2 Å². The van der Waals surface area contributed by atoms with Crippen molar-refractivity contribution in [2.75, 3.05) is 5.43 Å². The number of hydrogen-bond acceptors (Lipinski definition) is 4. The third-order valence-electron chi connectivity index (χ3n) is 2.01. The quantitative estimate of drug-likeness (QED) is 0.807. The summed E-state index contributed by atoms with van der Waals surface area (Å²) < 4.78 is 6.58. The molecule has 2 aromatic heterocycles. The number of amides is 1. The number of hydrogen-bond donors (Lipinski definition) is 1. The first-order valence-corrected chi connectivity index (χ1v) is 5.71. The van der Waals surface area contributed by atoms with Crippen molar-refractivity contribution in [3.63, 3.8) is 0 Å². The molecule has 2 heterocycles. The molecule has 1 N–H and O–H groups in total. The number of fused-ring (bicyclic) bond motifs is 1. The molecule has 0 aliphatic rings. The molecule has 0 atom stereocenters. The fourth-order valence-corrected chi connectivity index (χ4v) is 1.53. The van der Waals surface area contributed by atoms with Crippen LogP contribution in [0, 0.1) is 0 Å². The average molecular weight is 269 g/mol. The Morgan fingerprint density at radius 3 is 2.83 bits per heavy atom. The third kappa shape index (κ3) is 2.89. The van der Waals surface area contributed by atoms with Crippen LogP contribution in [-0.2, 0) is 4.74 Å². The number of nitrogens with one attached hydrogen (secondary N) is 1. The molecule has 0 aliphatic carbocycles. The maximum atomic E-state index is 11.6. The van der Waals surface area contributed by atoms with E-state index in [-0.39, 0.29) is 0 Å². The van der Waals surface area contributed by atoms with Gasteiger partial charge >= 0.3 is 6.09 Å². The summed E-state index contributed by atoms with van der Waals surface area (Å²) in [5, 5.41) is 0.329. The predicted molar refractivity (Wildman–Crippen MR) is 68.1 cm³/mol. The van der Waals surface area contributed by atoms with Gasteiger partial charge in [-0.05, 0) is 20.8 Å². The zero-order valence-corrected chi connectivity index (χ0v) is 11.0. The Hall–Kier alpha value is -1.82. The van der Waals surface area contributed by atoms with Gasteiger partial charge in [0.15, 0.2) is 0 Å². The minimum Gasteiger partial charge on any atom is -0.443 e. The number of rotatable bonds is 1. The van der Waals surface area contributed by atoms with Crippen molar-refractivity contribution in [2.45, 2.75) is 26.4 Å². The van der Waals surface area contributed by atoms with Crippen LogP contribution < -0.4 is 5.43 Å². The maximum Gasteiger partial charge on any atom is 0.427 e. The van der Waals surface area contributed by atoms with Crippen molar-refractivity contribution >= 4 is 28.7 Å². The summed E-state index contributed by atoms with van der Waals surface area (Å²) in [6.07, 6.45) is 2.44. The van der Waals surface area contributed by atoms with E-state index >= 15 is 0 Å². The van der Waals surface area contributed by atoms with E-state index < -0.39 is 11.7 Å². The van der Waals surface area contributed by atoms with Crippen molar-refractivity contribution < 1.29 is 9.53 Å². The third-order valence-corrected chi connectivity index (χ3v) is 2.22. The summed E-state index contributed by atoms with van der Waals surface area (Å²) in [6.45, 7) is 5.37. The van der Waals surface area contributed by atoms with Gasteiger partial charge in [-0.2, -0.15) is 0 Å². The smallest absolute Gasteiger partial charge is 0.427 e. The summed E-state index contributed by atoms with van der Waals surface area (Å²) in [4.78, 5) is 19.6. The molecule has 0 unspecified atom stereocenters. The molecule has 6 nitrogen and oxygen atoms in total. The minimum absolute atomic E-state index is 0.329. The van der Waals surface area contributed by atoms with Crippen molar-refractivity contribution in [3.8, 4) is 0 Å². The van der Waals surface area contributed by atoms with E-state index in [0.29, 0.717) is 16.2 Å². The van der Waals surface area contributed by atoms with E-state index in [2.05, 4.69) is 15.4 Å². The molecule has 0 saturated carbocycles. The van der Waals surface area contributed by atoms with Gasteiger partial charge in [0, 0.05) is 6.07 Å². The maximum absolute atomic E-state index is 11.6. The minimum atomic E-state index is -0.560. The monoisotopic (exact) mass is 268 g/mol. The van der Waals surface area contributed by atoms with E-state index in [4.69, 9.17) is 16.3 Å². The second-order valence-electron chi connectivity index (χ2n) is 4.72. The van der Waals surface area contributed by atoms with E-state index in [0.717, 1.165) is 0 Å². The largest absolute Gasteiger partial charge is 0.443 e. The van der Waals surface area contributed by atoms with Crippen molar-refractivity contribution in [2.24, 2.45) is 0 Å². The average Bonchev–Trinajstić information content (AvgIpc) is 2.58. The van der Waals surface area contributed by atoms with Crippen LogP contribution in [0.5, 0.6) is 0 Å². The molecular weight excluding hydrogens is 256 g/mol. The number of pyridine rings is 1. The zero-order valence-electron chi connectivity index (χ0n) is 10.3. The highest BCUT2D eigenvalue weighted by Crippen LogP contribution is 2.15. The number of nitrogens with zero attached hydrogens (tertiary/aromatic N) is 3. The second kappa shape index (κ2) is 4.45. The highest BCUT2D eigenvalue weighted by atomic mass is 35.5. The molecule has 0 radical (unpaired) electrons. The Labute approximate surface area is 109 Å². The van der Waals surface area contributed by atoms with Crippen LogP contribution in [-0.4, -0.2) is 26.3 Å². The number of imidazole rings is 1. The zero-order chi connectivity index (χ0) is 13.3. The van der Waals surface area contributed by atoms with Crippen LogP contribution in [0.25, 0.3) is 11.0 Å². The molecule has 0 saturated heterocycles. The van der Waals surface area contributed by atoms with Gasteiger partial charge in [0.05, 0.1) is 11.7 Å². The van der Waals surface area contributed by atoms with Gasteiger partial charge in [0.2, 0.25) is 0 Å². The molecule has 0 fully saturated rings. The Morgan fingerprint density at radius 2 is 2.17 bits per heavy atom. The second-order valence-corrected chi connectivity index (χ2v) is 5.11. The lowest BCUT2D eigenvalue weighted by Gasteiger charge is -2.19. The molecule has 1 amide bonds. The standard InChI is InChI=1S/C11H13ClN4O2/c1-11(2,3)18-10(17)15-16-6-14-7-5-13-9(12)4-8(7)16/h4-6H,1-3H3,(H,15,17). The van der Waals surface area contributed by atoms with Gasteiger partial charge in [-0.3, -0.25) is 0 Å². The van der Waals surface area contributed by atoms with Crippen LogP contribution in [0.1, 0.15) is 20.8 Å². The van der Waals surface area contributed by atoms with E-state index in [1.807, 2.05) is 0 Å². The van der Waals surface area contributed by atoms with Gasteiger partial charge in [0.1, 0.15) is 22.6 Å². The lowest BCUT2D eigenvalue weighted by atomic mass is 10.2. The summed E-state index contributed by atoms with van der Waals surface area (Å²) in [5.74, 6) is 0. The van der Waals surface area contributed by atoms with Crippen LogP contribution in [0.2, 0.25) is 5.15 Å². The van der Waals surface area contributed by atoms with Crippen LogP contribution >= 0.6 is 11.6 Å². The Morgan fingerprint density at radius 1 is 1.44 bits per heavy atom. The molecular formula is C11H13ClN4O2. The highest BCUT2D eigenvalue weighted by molar-refractivity contribution is 6.29. The predicted octanol–water partition coefficient (Wildman–Crippen LogP) is 2.56. The molecule has 0 bridgehead atoms. The van der Waals surface area contributed by atoms with E-state index in [1.54, 1.807) is 26.8 Å². The molecule has 2 rings (SSSR count). The van der Waals surface area contributed by atoms with Gasteiger partial charge in [-0.15, -0.1) is 0 Å². The first-order valence-electron chi connectivity index (χ1n) is 5.34. The molecule has 18 heavy (non-hydrogen) atoms. The normalized spacial score (nSPS) is 11.6. The van der Waals surface area contributed by atoms with Gasteiger partial charge in [-0.25, -0.2) is 24.9 Å². The van der Waals surface area contributed by atoms with Crippen molar-refractivity contribution in [1.29, 1.82) is 0 Å². The molecule has 0 spiro atoms. The molecule has 0 aromatic carbocycles. The van der Waals surface area contributed by atoms with Gasteiger partial charge in [0.25, 0.3) is 0 Å². The van der Waals surface area contributed by atoms with Crippen molar-refractivity contribution in [1.82, 2.24) is 14.6 Å². The number of aromatic nitrogens is 3. The number of halogens is 1. The summed E-state index contributed by atoms with van der Waals surface area (Å²) in [5.41, 5.74) is 3.29. The van der Waals surface area contributed by atoms with Crippen LogP contribution in [0.15, 0.2) is 18.6 Å². The number of ether oxygens (including phenoxy) is 1. The molecule has 96 valence electrons. The first kappa shape index (κ1) is 12.6. The Kier molecular flexibility index (Phi) is 3.13. The molecule has 7 heteroatoms. The van der Waals surface area contributed by atoms with Gasteiger partial charge in [-0.1, -0.05) is 11.6 Å².